The molecule has 0 aliphatic heterocycles. The molecule has 0 radical (unpaired) electrons. The fraction of sp³-hybridized carbons (Fsp3) is 0.0667. The molecule has 0 aliphatic rings. The van der Waals surface area contributed by atoms with Gasteiger partial charge in [0.15, 0.2) is 12.6 Å². The van der Waals surface area contributed by atoms with Crippen LogP contribution in [0.3, 0.4) is 0 Å². The molecule has 0 saturated heterocycles. The van der Waals surface area contributed by atoms with Gasteiger partial charge >= 0.3 is 0 Å². The highest BCUT2D eigenvalue weighted by atomic mass is 79.9. The van der Waals surface area contributed by atoms with E-state index >= 15 is 0 Å². The minimum Gasteiger partial charge on any atom is -0.507 e. The first-order chi connectivity index (χ1) is 10.8. The number of halogens is 4. The van der Waals surface area contributed by atoms with Crippen molar-refractivity contribution in [2.45, 2.75) is 0 Å². The highest BCUT2D eigenvalue weighted by Gasteiger charge is 2.09. The van der Waals surface area contributed by atoms with Gasteiger partial charge in [0.1, 0.15) is 23.1 Å². The van der Waals surface area contributed by atoms with Crippen LogP contribution in [0.1, 0.15) is 20.7 Å². The Balaban J connectivity index is 0.000000231. The third-order valence-corrected chi connectivity index (χ3v) is 3.50. The van der Waals surface area contributed by atoms with Crippen LogP contribution in [0.15, 0.2) is 33.2 Å². The monoisotopic (exact) mass is 450 g/mol. The average molecular weight is 452 g/mol. The number of carbonyl (C=O) groups excluding carboxylic acids is 2. The summed E-state index contributed by atoms with van der Waals surface area (Å²) < 4.78 is 31.4. The number of hydrogen-bond acceptors (Lipinski definition) is 4. The Labute approximate surface area is 147 Å². The lowest BCUT2D eigenvalue weighted by molar-refractivity contribution is 0.110. The molecule has 0 fully saturated rings. The molecule has 0 spiro atoms. The Morgan fingerprint density at radius 3 is 1.87 bits per heavy atom. The number of methoxy groups -OCH3 is 1. The van der Waals surface area contributed by atoms with Gasteiger partial charge in [-0.05, 0) is 24.3 Å². The normalized spacial score (nSPS) is 9.61. The van der Waals surface area contributed by atoms with Crippen molar-refractivity contribution in [3.8, 4) is 11.5 Å². The van der Waals surface area contributed by atoms with Crippen molar-refractivity contribution in [3.05, 3.63) is 56.0 Å². The van der Waals surface area contributed by atoms with Crippen molar-refractivity contribution in [2.75, 3.05) is 7.11 Å². The molecule has 2 aromatic carbocycles. The lowest BCUT2D eigenvalue weighted by atomic mass is 10.2. The number of aromatic hydroxyl groups is 1. The molecule has 0 bridgehead atoms. The number of phenols is 1. The van der Waals surface area contributed by atoms with E-state index in [2.05, 4.69) is 31.9 Å². The first-order valence-corrected chi connectivity index (χ1v) is 7.54. The third kappa shape index (κ3) is 5.11. The molecular weight excluding hydrogens is 442 g/mol. The van der Waals surface area contributed by atoms with E-state index in [9.17, 15) is 18.4 Å². The van der Waals surface area contributed by atoms with Crippen LogP contribution in [0, 0.1) is 11.6 Å². The molecule has 4 nitrogen and oxygen atoms in total. The van der Waals surface area contributed by atoms with Crippen molar-refractivity contribution in [2.24, 2.45) is 0 Å². The fourth-order valence-electron chi connectivity index (χ4n) is 1.53. The SMILES string of the molecule is COc1cc(Br)cc(F)c1C=O.O=Cc1c(O)cc(Br)cc1F. The molecule has 0 amide bonds. The molecule has 0 heterocycles. The van der Waals surface area contributed by atoms with Gasteiger partial charge in [-0.2, -0.15) is 0 Å². The van der Waals surface area contributed by atoms with Crippen molar-refractivity contribution < 1.29 is 28.2 Å². The summed E-state index contributed by atoms with van der Waals surface area (Å²) in [6.07, 6.45) is 0.706. The van der Waals surface area contributed by atoms with E-state index in [1.54, 1.807) is 0 Å². The summed E-state index contributed by atoms with van der Waals surface area (Å²) in [5.74, 6) is -1.44. The minimum absolute atomic E-state index is 0.0549. The van der Waals surface area contributed by atoms with Gasteiger partial charge in [-0.25, -0.2) is 8.78 Å². The van der Waals surface area contributed by atoms with Gasteiger partial charge in [0, 0.05) is 8.95 Å². The molecule has 1 N–H and O–H groups in total. The summed E-state index contributed by atoms with van der Waals surface area (Å²) in [7, 11) is 1.38. The molecule has 2 aromatic rings. The standard InChI is InChI=1S/C8H6BrFO2.C7H4BrFO2/c1-12-8-3-5(9)2-7(10)6(8)4-11;8-4-1-6(9)5(3-10)7(11)2-4/h2-4H,1H3;1-3,11H. The van der Waals surface area contributed by atoms with Gasteiger partial charge in [-0.3, -0.25) is 9.59 Å². The quantitative estimate of drug-likeness (QED) is 0.697. The zero-order valence-corrected chi connectivity index (χ0v) is 14.8. The summed E-state index contributed by atoms with van der Waals surface area (Å²) in [6, 6.07) is 5.12. The number of ether oxygens (including phenoxy) is 1. The topological polar surface area (TPSA) is 63.6 Å². The number of carbonyl (C=O) groups is 2. The van der Waals surface area contributed by atoms with E-state index in [1.165, 1.54) is 25.3 Å². The Kier molecular flexibility index (Phi) is 7.31. The van der Waals surface area contributed by atoms with Gasteiger partial charge in [0.25, 0.3) is 0 Å². The van der Waals surface area contributed by atoms with Crippen LogP contribution in [-0.2, 0) is 0 Å². The molecule has 8 heteroatoms. The first kappa shape index (κ1) is 19.2. The Bertz CT molecular complexity index is 713. The lowest BCUT2D eigenvalue weighted by Crippen LogP contribution is -1.94. The van der Waals surface area contributed by atoms with Crippen LogP contribution in [0.2, 0.25) is 0 Å². The Hall–Kier alpha value is -1.80. The molecular formula is C15H10Br2F2O4. The molecule has 0 unspecified atom stereocenters. The molecule has 0 saturated carbocycles. The smallest absolute Gasteiger partial charge is 0.156 e. The van der Waals surface area contributed by atoms with E-state index in [0.717, 1.165) is 6.07 Å². The van der Waals surface area contributed by atoms with Gasteiger partial charge in [-0.15, -0.1) is 0 Å². The second kappa shape index (κ2) is 8.73. The van der Waals surface area contributed by atoms with Crippen LogP contribution < -0.4 is 4.74 Å². The minimum atomic E-state index is -0.730. The van der Waals surface area contributed by atoms with Crippen molar-refractivity contribution in [3.63, 3.8) is 0 Å². The average Bonchev–Trinajstić information content (AvgIpc) is 2.46. The Morgan fingerprint density at radius 2 is 1.43 bits per heavy atom. The zero-order chi connectivity index (χ0) is 17.6. The molecule has 2 rings (SSSR count). The van der Waals surface area contributed by atoms with Crippen molar-refractivity contribution >= 4 is 44.4 Å². The maximum absolute atomic E-state index is 13.0. The van der Waals surface area contributed by atoms with Crippen LogP contribution in [-0.4, -0.2) is 24.8 Å². The molecule has 0 atom stereocenters. The van der Waals surface area contributed by atoms with E-state index in [1.807, 2.05) is 0 Å². The van der Waals surface area contributed by atoms with Gasteiger partial charge in [0.2, 0.25) is 0 Å². The molecule has 0 aliphatic carbocycles. The lowest BCUT2D eigenvalue weighted by Gasteiger charge is -2.04. The number of aldehydes is 2. The number of benzene rings is 2. The summed E-state index contributed by atoms with van der Waals surface area (Å²) in [4.78, 5) is 20.5. The predicted octanol–water partition coefficient (Wildman–Crippen LogP) is 4.52. The number of hydrogen-bond donors (Lipinski definition) is 1. The van der Waals surface area contributed by atoms with Crippen molar-refractivity contribution in [1.82, 2.24) is 0 Å². The van der Waals surface area contributed by atoms with E-state index in [-0.39, 0.29) is 28.9 Å². The van der Waals surface area contributed by atoms with Crippen molar-refractivity contribution in [1.29, 1.82) is 0 Å². The first-order valence-electron chi connectivity index (χ1n) is 5.95. The summed E-state index contributed by atoms with van der Waals surface area (Å²) >= 11 is 6.04. The second-order valence-corrected chi connectivity index (χ2v) is 5.89. The molecule has 0 aromatic heterocycles. The third-order valence-electron chi connectivity index (χ3n) is 2.58. The number of phenolic OH excluding ortho intramolecular Hbond substituents is 1. The van der Waals surface area contributed by atoms with E-state index in [4.69, 9.17) is 9.84 Å². The largest absolute Gasteiger partial charge is 0.507 e. The van der Waals surface area contributed by atoms with Crippen LogP contribution in [0.25, 0.3) is 0 Å². The summed E-state index contributed by atoms with van der Waals surface area (Å²) in [5.41, 5.74) is -0.367. The van der Waals surface area contributed by atoms with Gasteiger partial charge in [-0.1, -0.05) is 31.9 Å². The van der Waals surface area contributed by atoms with Crippen LogP contribution in [0.4, 0.5) is 8.78 Å². The maximum Gasteiger partial charge on any atom is 0.156 e. The summed E-state index contributed by atoms with van der Waals surface area (Å²) in [6.45, 7) is 0. The van der Waals surface area contributed by atoms with E-state index in [0.29, 0.717) is 15.2 Å². The molecule has 122 valence electrons. The second-order valence-electron chi connectivity index (χ2n) is 4.06. The van der Waals surface area contributed by atoms with Gasteiger partial charge < -0.3 is 9.84 Å². The fourth-order valence-corrected chi connectivity index (χ4v) is 2.36. The highest BCUT2D eigenvalue weighted by molar-refractivity contribution is 9.10. The van der Waals surface area contributed by atoms with Crippen LogP contribution in [0.5, 0.6) is 11.5 Å². The van der Waals surface area contributed by atoms with E-state index < -0.39 is 11.6 Å². The maximum atomic E-state index is 13.0. The number of rotatable bonds is 3. The zero-order valence-electron chi connectivity index (χ0n) is 11.6. The summed E-state index contributed by atoms with van der Waals surface area (Å²) in [5, 5.41) is 8.97. The Morgan fingerprint density at radius 1 is 0.957 bits per heavy atom. The predicted molar refractivity (Wildman–Crippen MR) is 87.2 cm³/mol. The molecule has 23 heavy (non-hydrogen) atoms. The highest BCUT2D eigenvalue weighted by Crippen LogP contribution is 2.25. The van der Waals surface area contributed by atoms with Crippen LogP contribution >= 0.6 is 31.9 Å². The van der Waals surface area contributed by atoms with Gasteiger partial charge in [0.05, 0.1) is 18.2 Å².